The third-order valence-electron chi connectivity index (χ3n) is 2.24. The molecule has 0 bridgehead atoms. The quantitative estimate of drug-likeness (QED) is 0.553. The maximum Gasteiger partial charge on any atom is 0.277 e. The Kier molecular flexibility index (Phi) is 4.94. The molecule has 2 amide bonds. The molecule has 0 spiro atoms. The number of nitrogens with one attached hydrogen (secondary N) is 2. The minimum absolute atomic E-state index is 0.205. The van der Waals surface area contributed by atoms with Gasteiger partial charge in [0.1, 0.15) is 0 Å². The van der Waals surface area contributed by atoms with Crippen molar-refractivity contribution in [1.82, 2.24) is 10.8 Å². The molecule has 0 heterocycles. The Morgan fingerprint density at radius 3 is 2.72 bits per heavy atom. The Bertz CT molecular complexity index is 477. The summed E-state index contributed by atoms with van der Waals surface area (Å²) in [5.41, 5.74) is 9.10. The van der Waals surface area contributed by atoms with E-state index in [0.717, 1.165) is 0 Å². The highest BCUT2D eigenvalue weighted by Crippen LogP contribution is 2.22. The maximum absolute atomic E-state index is 11.7. The summed E-state index contributed by atoms with van der Waals surface area (Å²) in [5, 5.41) is 2.75. The van der Waals surface area contributed by atoms with Crippen LogP contribution in [-0.4, -0.2) is 25.5 Å². The number of anilines is 1. The summed E-state index contributed by atoms with van der Waals surface area (Å²) < 4.78 is 0. The molecule has 98 valence electrons. The lowest BCUT2D eigenvalue weighted by molar-refractivity contribution is -0.126. The Balaban J connectivity index is 2.70. The van der Waals surface area contributed by atoms with Gasteiger partial charge in [-0.2, -0.15) is 0 Å². The highest BCUT2D eigenvalue weighted by molar-refractivity contribution is 6.31. The Labute approximate surface area is 109 Å². The maximum atomic E-state index is 11.7. The van der Waals surface area contributed by atoms with Gasteiger partial charge in [-0.05, 0) is 24.6 Å². The number of hydrogen-bond acceptors (Lipinski definition) is 4. The predicted octanol–water partition coefficient (Wildman–Crippen LogP) is 0.638. The summed E-state index contributed by atoms with van der Waals surface area (Å²) in [4.78, 5) is 27.3. The monoisotopic (exact) mass is 271 g/mol. The first-order chi connectivity index (χ1) is 8.45. The van der Waals surface area contributed by atoms with E-state index in [0.29, 0.717) is 16.3 Å². The zero-order chi connectivity index (χ0) is 13.7. The molecule has 0 aliphatic heterocycles. The highest BCUT2D eigenvalue weighted by Gasteiger charge is 2.13. The largest absolute Gasteiger partial charge is 0.398 e. The van der Waals surface area contributed by atoms with E-state index in [2.05, 4.69) is 10.8 Å². The number of hydroxylamine groups is 1. The molecule has 0 atom stereocenters. The van der Waals surface area contributed by atoms with E-state index in [4.69, 9.17) is 22.2 Å². The number of hydrogen-bond donors (Lipinski definition) is 3. The zero-order valence-corrected chi connectivity index (χ0v) is 10.8. The molecule has 0 saturated carbocycles. The summed E-state index contributed by atoms with van der Waals surface area (Å²) >= 11 is 5.83. The Morgan fingerprint density at radius 1 is 1.44 bits per heavy atom. The molecule has 0 aromatic heterocycles. The average molecular weight is 272 g/mol. The minimum Gasteiger partial charge on any atom is -0.398 e. The molecule has 1 aromatic rings. The number of benzene rings is 1. The molecule has 0 fully saturated rings. The van der Waals surface area contributed by atoms with Gasteiger partial charge in [0, 0.05) is 17.8 Å². The van der Waals surface area contributed by atoms with Crippen LogP contribution in [0.4, 0.5) is 5.69 Å². The highest BCUT2D eigenvalue weighted by atomic mass is 35.5. The lowest BCUT2D eigenvalue weighted by Crippen LogP contribution is -2.31. The van der Waals surface area contributed by atoms with Crippen molar-refractivity contribution in [2.75, 3.05) is 19.4 Å². The minimum atomic E-state index is -0.554. The summed E-state index contributed by atoms with van der Waals surface area (Å²) in [6.45, 7) is 1.46. The van der Waals surface area contributed by atoms with E-state index >= 15 is 0 Å². The van der Waals surface area contributed by atoms with Crippen molar-refractivity contribution >= 4 is 29.1 Å². The van der Waals surface area contributed by atoms with Gasteiger partial charge in [-0.3, -0.25) is 14.4 Å². The van der Waals surface area contributed by atoms with Crippen molar-refractivity contribution in [2.24, 2.45) is 0 Å². The summed E-state index contributed by atoms with van der Waals surface area (Å²) in [7, 11) is 1.46. The lowest BCUT2D eigenvalue weighted by Gasteiger charge is -2.09. The summed E-state index contributed by atoms with van der Waals surface area (Å²) in [5.74, 6) is -0.910. The fraction of sp³-hybridized carbons (Fsp3) is 0.273. The van der Waals surface area contributed by atoms with Crippen LogP contribution in [0.5, 0.6) is 0 Å². The number of nitrogen functional groups attached to an aromatic ring is 1. The van der Waals surface area contributed by atoms with Crippen LogP contribution < -0.4 is 16.5 Å². The average Bonchev–Trinajstić information content (AvgIpc) is 2.33. The molecule has 6 nitrogen and oxygen atoms in total. The molecule has 7 heteroatoms. The molecule has 0 saturated heterocycles. The molecule has 4 N–H and O–H groups in total. The van der Waals surface area contributed by atoms with E-state index < -0.39 is 5.91 Å². The molecule has 1 aromatic carbocycles. The van der Waals surface area contributed by atoms with Crippen LogP contribution in [0.1, 0.15) is 15.9 Å². The smallest absolute Gasteiger partial charge is 0.277 e. The molecule has 1 rings (SSSR count). The molecular weight excluding hydrogens is 258 g/mol. The van der Waals surface area contributed by atoms with Gasteiger partial charge in [-0.1, -0.05) is 11.6 Å². The fourth-order valence-corrected chi connectivity index (χ4v) is 1.51. The fourth-order valence-electron chi connectivity index (χ4n) is 1.24. The standard InChI is InChI=1S/C11H14ClN3O3/c1-6-3-7(12)4-8(10(6)13)11(17)15-18-5-9(16)14-2/h3-4H,5,13H2,1-2H3,(H,14,16)(H,15,17). The van der Waals surface area contributed by atoms with Gasteiger partial charge in [0.05, 0.1) is 5.56 Å². The number of carbonyl (C=O) groups excluding carboxylic acids is 2. The SMILES string of the molecule is CNC(=O)CONC(=O)c1cc(Cl)cc(C)c1N. The van der Waals surface area contributed by atoms with Crippen LogP contribution in [-0.2, 0) is 9.63 Å². The van der Waals surface area contributed by atoms with Crippen LogP contribution in [0.25, 0.3) is 0 Å². The second-order valence-corrected chi connectivity index (χ2v) is 4.01. The van der Waals surface area contributed by atoms with Crippen molar-refractivity contribution in [3.05, 3.63) is 28.3 Å². The van der Waals surface area contributed by atoms with Crippen LogP contribution in [0.3, 0.4) is 0 Å². The first-order valence-electron chi connectivity index (χ1n) is 5.14. The van der Waals surface area contributed by atoms with Crippen molar-refractivity contribution in [3.63, 3.8) is 0 Å². The number of halogens is 1. The van der Waals surface area contributed by atoms with Crippen molar-refractivity contribution in [1.29, 1.82) is 0 Å². The summed E-state index contributed by atoms with van der Waals surface area (Å²) in [6.07, 6.45) is 0. The van der Waals surface area contributed by atoms with Gasteiger partial charge in [0.25, 0.3) is 5.91 Å². The topological polar surface area (TPSA) is 93.5 Å². The van der Waals surface area contributed by atoms with Crippen molar-refractivity contribution in [2.45, 2.75) is 6.92 Å². The second kappa shape index (κ2) is 6.23. The molecule has 0 unspecified atom stereocenters. The van der Waals surface area contributed by atoms with E-state index in [1.807, 2.05) is 0 Å². The number of carbonyl (C=O) groups is 2. The molecule has 0 aliphatic rings. The molecule has 18 heavy (non-hydrogen) atoms. The Hall–Kier alpha value is -1.79. The van der Waals surface area contributed by atoms with E-state index in [9.17, 15) is 9.59 Å². The van der Waals surface area contributed by atoms with E-state index in [1.54, 1.807) is 13.0 Å². The van der Waals surface area contributed by atoms with Gasteiger partial charge >= 0.3 is 0 Å². The van der Waals surface area contributed by atoms with Gasteiger partial charge < -0.3 is 11.1 Å². The number of nitrogens with two attached hydrogens (primary N) is 1. The van der Waals surface area contributed by atoms with Gasteiger partial charge in [0.15, 0.2) is 6.61 Å². The van der Waals surface area contributed by atoms with Gasteiger partial charge in [0.2, 0.25) is 5.91 Å². The predicted molar refractivity (Wildman–Crippen MR) is 68.1 cm³/mol. The van der Waals surface area contributed by atoms with E-state index in [-0.39, 0.29) is 18.1 Å². The number of aryl methyl sites for hydroxylation is 1. The van der Waals surface area contributed by atoms with Crippen molar-refractivity contribution in [3.8, 4) is 0 Å². The lowest BCUT2D eigenvalue weighted by atomic mass is 10.1. The van der Waals surface area contributed by atoms with Crippen molar-refractivity contribution < 1.29 is 14.4 Å². The zero-order valence-electron chi connectivity index (χ0n) is 10.0. The number of amides is 2. The third kappa shape index (κ3) is 3.61. The molecule has 0 aliphatic carbocycles. The number of rotatable bonds is 4. The van der Waals surface area contributed by atoms with Crippen LogP contribution in [0.15, 0.2) is 12.1 Å². The first kappa shape index (κ1) is 14.3. The van der Waals surface area contributed by atoms with E-state index in [1.165, 1.54) is 13.1 Å². The summed E-state index contributed by atoms with van der Waals surface area (Å²) in [6, 6.07) is 3.08. The first-order valence-corrected chi connectivity index (χ1v) is 5.51. The van der Waals surface area contributed by atoms with Crippen LogP contribution in [0, 0.1) is 6.92 Å². The van der Waals surface area contributed by atoms with Gasteiger partial charge in [-0.15, -0.1) is 0 Å². The number of likely N-dealkylation sites (N-methyl/N-ethyl adjacent to an activating group) is 1. The van der Waals surface area contributed by atoms with Crippen LogP contribution >= 0.6 is 11.6 Å². The second-order valence-electron chi connectivity index (χ2n) is 3.58. The van der Waals surface area contributed by atoms with Crippen LogP contribution in [0.2, 0.25) is 5.02 Å². The normalized spacial score (nSPS) is 9.94. The Morgan fingerprint density at radius 2 is 2.11 bits per heavy atom. The molecular formula is C11H14ClN3O3. The molecule has 0 radical (unpaired) electrons. The van der Waals surface area contributed by atoms with Gasteiger partial charge in [-0.25, -0.2) is 5.48 Å². The third-order valence-corrected chi connectivity index (χ3v) is 2.46.